The van der Waals surface area contributed by atoms with Crippen molar-refractivity contribution in [2.75, 3.05) is 33.1 Å². The summed E-state index contributed by atoms with van der Waals surface area (Å²) in [6.07, 6.45) is 0.883. The van der Waals surface area contributed by atoms with Gasteiger partial charge in [-0.25, -0.2) is 12.8 Å². The van der Waals surface area contributed by atoms with E-state index in [-0.39, 0.29) is 48.4 Å². The van der Waals surface area contributed by atoms with Crippen LogP contribution in [-0.4, -0.2) is 76.2 Å². The molecule has 0 radical (unpaired) electrons. The summed E-state index contributed by atoms with van der Waals surface area (Å²) in [7, 11) is -1.88. The van der Waals surface area contributed by atoms with Gasteiger partial charge in [0, 0.05) is 43.9 Å². The third-order valence-electron chi connectivity index (χ3n) is 8.70. The fourth-order valence-electron chi connectivity index (χ4n) is 5.98. The Bertz CT molecular complexity index is 2040. The van der Waals surface area contributed by atoms with Gasteiger partial charge in [0.1, 0.15) is 29.2 Å². The molecule has 3 aliphatic rings. The minimum absolute atomic E-state index is 0.0187. The van der Waals surface area contributed by atoms with E-state index >= 15 is 4.39 Å². The Balaban J connectivity index is 1.30. The first kappa shape index (κ1) is 34.4. The van der Waals surface area contributed by atoms with Crippen molar-refractivity contribution in [1.82, 2.24) is 15.5 Å². The summed E-state index contributed by atoms with van der Waals surface area (Å²) in [5.41, 5.74) is 2.35. The van der Waals surface area contributed by atoms with E-state index in [0.717, 1.165) is 6.26 Å². The fraction of sp³-hybridized carbons (Fsp3) is 0.270. The Morgan fingerprint density at radius 2 is 1.76 bits per heavy atom. The van der Waals surface area contributed by atoms with Gasteiger partial charge in [0.15, 0.2) is 16.4 Å². The topological polar surface area (TPSA) is 140 Å². The van der Waals surface area contributed by atoms with Gasteiger partial charge in [0.25, 0.3) is 11.8 Å². The Morgan fingerprint density at radius 1 is 0.980 bits per heavy atom. The molecule has 0 saturated carbocycles. The molecule has 1 saturated heterocycles. The van der Waals surface area contributed by atoms with E-state index in [1.807, 2.05) is 0 Å². The van der Waals surface area contributed by atoms with Crippen molar-refractivity contribution in [3.8, 4) is 28.4 Å². The van der Waals surface area contributed by atoms with Gasteiger partial charge < -0.3 is 29.7 Å². The van der Waals surface area contributed by atoms with Crippen LogP contribution in [0.3, 0.4) is 0 Å². The summed E-state index contributed by atoms with van der Waals surface area (Å²) in [4.78, 5) is 41.6. The van der Waals surface area contributed by atoms with E-state index in [9.17, 15) is 22.8 Å². The molecule has 0 aromatic heterocycles. The van der Waals surface area contributed by atoms with Gasteiger partial charge in [0.05, 0.1) is 30.0 Å². The van der Waals surface area contributed by atoms with Crippen molar-refractivity contribution in [2.24, 2.45) is 0 Å². The number of nitrogens with one attached hydrogen (secondary N) is 2. The highest BCUT2D eigenvalue weighted by molar-refractivity contribution is 7.90. The predicted molar refractivity (Wildman–Crippen MR) is 182 cm³/mol. The van der Waals surface area contributed by atoms with Crippen molar-refractivity contribution in [1.29, 1.82) is 0 Å². The first-order valence-electron chi connectivity index (χ1n) is 16.0. The molecule has 260 valence electrons. The lowest BCUT2D eigenvalue weighted by Crippen LogP contribution is -2.58. The molecule has 4 aromatic carbocycles. The third-order valence-corrected chi connectivity index (χ3v) is 9.82. The number of carbonyl (C=O) groups excluding carboxylic acids is 3. The van der Waals surface area contributed by atoms with Crippen LogP contribution in [0, 0.1) is 5.82 Å². The van der Waals surface area contributed by atoms with E-state index in [1.54, 1.807) is 65.6 Å². The number of amides is 3. The zero-order valence-corrected chi connectivity index (χ0v) is 28.3. The van der Waals surface area contributed by atoms with Crippen molar-refractivity contribution < 1.29 is 41.4 Å². The highest BCUT2D eigenvalue weighted by Gasteiger charge is 2.35. The van der Waals surface area contributed by atoms with Crippen molar-refractivity contribution in [2.45, 2.75) is 36.4 Å². The number of rotatable bonds is 4. The molecule has 0 aliphatic carbocycles. The molecule has 4 aromatic rings. The van der Waals surface area contributed by atoms with Crippen LogP contribution in [0.4, 0.5) is 4.39 Å². The number of nitrogens with zero attached hydrogens (tertiary/aromatic N) is 1. The minimum Gasteiger partial charge on any atom is -0.496 e. The zero-order chi connectivity index (χ0) is 35.4. The summed E-state index contributed by atoms with van der Waals surface area (Å²) >= 11 is 0. The summed E-state index contributed by atoms with van der Waals surface area (Å²) in [6, 6.07) is 21.7. The Morgan fingerprint density at radius 3 is 2.52 bits per heavy atom. The molecule has 50 heavy (non-hydrogen) atoms. The zero-order valence-electron chi connectivity index (χ0n) is 27.5. The minimum atomic E-state index is -3.38. The van der Waals surface area contributed by atoms with Gasteiger partial charge in [0.2, 0.25) is 5.91 Å². The number of hydrogen-bond acceptors (Lipinski definition) is 8. The molecule has 3 aliphatic heterocycles. The lowest BCUT2D eigenvalue weighted by Gasteiger charge is -2.39. The lowest BCUT2D eigenvalue weighted by molar-refractivity contribution is -0.133. The maximum atomic E-state index is 15.2. The van der Waals surface area contributed by atoms with E-state index in [1.165, 1.54) is 31.4 Å². The Hall–Kier alpha value is -5.43. The third kappa shape index (κ3) is 8.05. The second kappa shape index (κ2) is 14.6. The van der Waals surface area contributed by atoms with Crippen molar-refractivity contribution in [3.05, 3.63) is 107 Å². The first-order valence-corrected chi connectivity index (χ1v) is 17.9. The van der Waals surface area contributed by atoms with E-state index < -0.39 is 33.7 Å². The summed E-state index contributed by atoms with van der Waals surface area (Å²) in [6.45, 7) is 0.349. The number of carbonyl (C=O) groups is 3. The number of fused-ring (bicyclic) bond motifs is 7. The molecule has 2 atom stereocenters. The maximum absolute atomic E-state index is 15.2. The first-order chi connectivity index (χ1) is 24.0. The lowest BCUT2D eigenvalue weighted by atomic mass is 9.99. The second-order valence-electron chi connectivity index (χ2n) is 12.2. The van der Waals surface area contributed by atoms with Gasteiger partial charge in [-0.1, -0.05) is 30.3 Å². The second-order valence-corrected chi connectivity index (χ2v) is 14.2. The number of methoxy groups -OCH3 is 1. The molecular weight excluding hydrogens is 665 g/mol. The largest absolute Gasteiger partial charge is 0.496 e. The average Bonchev–Trinajstić information content (AvgIpc) is 3.10. The van der Waals surface area contributed by atoms with Crippen LogP contribution in [0.5, 0.6) is 17.2 Å². The molecule has 7 rings (SSSR count). The average molecular weight is 702 g/mol. The molecule has 0 unspecified atom stereocenters. The fourth-order valence-corrected chi connectivity index (χ4v) is 6.61. The standard InChI is InChI=1S/C37H36FN3O8S/c1-47-34-19-28-10-8-26(34)20-39-35(42)22-48-27-5-3-4-24(17-27)25-9-13-31(38)30(18-25)37(44)40-32-21-41(15-14-33(32)49-28)36(43)16-23-6-11-29(12-7-23)50(2,45)46/h3-13,17-19,32-33H,14-16,20-22H2,1-2H3,(H,39,42)(H,40,44)/t32-,33+/m1/s1. The van der Waals surface area contributed by atoms with Gasteiger partial charge in [-0.3, -0.25) is 14.4 Å². The van der Waals surface area contributed by atoms with Crippen LogP contribution >= 0.6 is 0 Å². The van der Waals surface area contributed by atoms with Crippen molar-refractivity contribution in [3.63, 3.8) is 0 Å². The Kier molecular flexibility index (Phi) is 10.0. The highest BCUT2D eigenvalue weighted by Crippen LogP contribution is 2.29. The van der Waals surface area contributed by atoms with Gasteiger partial charge in [-0.2, -0.15) is 0 Å². The predicted octanol–water partition coefficient (Wildman–Crippen LogP) is 3.93. The molecule has 6 bridgehead atoms. The molecule has 3 amide bonds. The Labute approximate surface area is 289 Å². The molecule has 3 heterocycles. The van der Waals surface area contributed by atoms with Crippen molar-refractivity contribution >= 4 is 27.6 Å². The monoisotopic (exact) mass is 701 g/mol. The molecule has 0 spiro atoms. The van der Waals surface area contributed by atoms with Gasteiger partial charge in [-0.05, 0) is 65.2 Å². The van der Waals surface area contributed by atoms with E-state index in [0.29, 0.717) is 52.5 Å². The molecule has 1 fully saturated rings. The van der Waals surface area contributed by atoms with E-state index in [4.69, 9.17) is 14.2 Å². The number of halogens is 1. The van der Waals surface area contributed by atoms with E-state index in [2.05, 4.69) is 10.6 Å². The number of likely N-dealkylation sites (tertiary alicyclic amines) is 1. The SMILES string of the molecule is COc1cc2ccc1CNC(=O)COc1cccc(c1)-c1ccc(F)c(c1)C(=O)N[C@@H]1CN(C(=O)Cc3ccc(S(C)(=O)=O)cc3)CC[C@@H]1O2. The number of piperidine rings is 1. The van der Waals surface area contributed by atoms with Crippen LogP contribution in [0.1, 0.15) is 27.9 Å². The number of benzene rings is 4. The number of hydrogen-bond donors (Lipinski definition) is 2. The van der Waals surface area contributed by atoms with Gasteiger partial charge in [-0.15, -0.1) is 0 Å². The smallest absolute Gasteiger partial charge is 0.258 e. The van der Waals surface area contributed by atoms with Crippen LogP contribution < -0.4 is 24.8 Å². The molecule has 13 heteroatoms. The number of sulfone groups is 1. The highest BCUT2D eigenvalue weighted by atomic mass is 32.2. The summed E-state index contributed by atoms with van der Waals surface area (Å²) in [5, 5.41) is 5.76. The van der Waals surface area contributed by atoms with Crippen LogP contribution in [0.15, 0.2) is 89.8 Å². The molecular formula is C37H36FN3O8S. The quantitative estimate of drug-likeness (QED) is 0.326. The number of ether oxygens (including phenoxy) is 3. The van der Waals surface area contributed by atoms with Crippen LogP contribution in [-0.2, 0) is 32.4 Å². The normalized spacial score (nSPS) is 18.1. The molecule has 11 nitrogen and oxygen atoms in total. The van der Waals surface area contributed by atoms with Crippen LogP contribution in [0.25, 0.3) is 11.1 Å². The molecule has 2 N–H and O–H groups in total. The van der Waals surface area contributed by atoms with Crippen LogP contribution in [0.2, 0.25) is 0 Å². The summed E-state index contributed by atoms with van der Waals surface area (Å²) in [5.74, 6) is -0.641. The summed E-state index contributed by atoms with van der Waals surface area (Å²) < 4.78 is 56.6. The maximum Gasteiger partial charge on any atom is 0.258 e. The van der Waals surface area contributed by atoms with Gasteiger partial charge >= 0.3 is 0 Å².